The Balaban J connectivity index is 2.31. The summed E-state index contributed by atoms with van der Waals surface area (Å²) in [4.78, 5) is 5.37. The predicted octanol–water partition coefficient (Wildman–Crippen LogP) is 1.09. The first-order valence-electron chi connectivity index (χ1n) is 5.44. The highest BCUT2D eigenvalue weighted by Gasteiger charge is 2.15. The van der Waals surface area contributed by atoms with E-state index in [4.69, 9.17) is 5.11 Å². The second kappa shape index (κ2) is 5.63. The number of fused-ring (bicyclic) bond motifs is 1. The first kappa shape index (κ1) is 12.6. The number of para-hydroxylation sites is 1. The normalized spacial score (nSPS) is 11.1. The van der Waals surface area contributed by atoms with Crippen LogP contribution in [0.2, 0.25) is 0 Å². The SMILES string of the molecule is OCCN(CC(F)F)c1nnc2ccccc2n1. The van der Waals surface area contributed by atoms with Crippen LogP contribution in [0.5, 0.6) is 0 Å². The van der Waals surface area contributed by atoms with E-state index in [1.807, 2.05) is 0 Å². The van der Waals surface area contributed by atoms with Crippen LogP contribution < -0.4 is 4.90 Å². The van der Waals surface area contributed by atoms with Crippen molar-refractivity contribution >= 4 is 17.0 Å². The lowest BCUT2D eigenvalue weighted by Gasteiger charge is -2.20. The number of benzene rings is 1. The summed E-state index contributed by atoms with van der Waals surface area (Å²) in [5.74, 6) is 0.100. The number of hydrogen-bond donors (Lipinski definition) is 1. The molecule has 0 radical (unpaired) electrons. The second-order valence-electron chi connectivity index (χ2n) is 3.66. The molecule has 0 spiro atoms. The Morgan fingerprint density at radius 2 is 1.89 bits per heavy atom. The van der Waals surface area contributed by atoms with Crippen LogP contribution in [0.15, 0.2) is 24.3 Å². The quantitative estimate of drug-likeness (QED) is 0.865. The number of nitrogens with zero attached hydrogens (tertiary/aromatic N) is 4. The Bertz CT molecular complexity index is 523. The Hall–Kier alpha value is -1.89. The zero-order valence-corrected chi connectivity index (χ0v) is 9.50. The van der Waals surface area contributed by atoms with Gasteiger partial charge in [-0.25, -0.2) is 13.8 Å². The molecule has 0 atom stereocenters. The molecule has 2 aromatic rings. The lowest BCUT2D eigenvalue weighted by molar-refractivity contribution is 0.152. The van der Waals surface area contributed by atoms with Gasteiger partial charge in [0.2, 0.25) is 5.95 Å². The van der Waals surface area contributed by atoms with Gasteiger partial charge < -0.3 is 10.0 Å². The average molecular weight is 254 g/mol. The molecule has 18 heavy (non-hydrogen) atoms. The van der Waals surface area contributed by atoms with Crippen LogP contribution in [0.1, 0.15) is 0 Å². The van der Waals surface area contributed by atoms with Gasteiger partial charge in [-0.2, -0.15) is 0 Å². The molecular formula is C11H12F2N4O. The molecule has 0 saturated carbocycles. The fraction of sp³-hybridized carbons (Fsp3) is 0.364. The lowest BCUT2D eigenvalue weighted by Crippen LogP contribution is -2.33. The third-order valence-corrected chi connectivity index (χ3v) is 2.36. The highest BCUT2D eigenvalue weighted by Crippen LogP contribution is 2.13. The summed E-state index contributed by atoms with van der Waals surface area (Å²) in [5.41, 5.74) is 1.18. The number of aliphatic hydroxyl groups is 1. The van der Waals surface area contributed by atoms with Crippen molar-refractivity contribution < 1.29 is 13.9 Å². The largest absolute Gasteiger partial charge is 0.395 e. The van der Waals surface area contributed by atoms with Gasteiger partial charge in [-0.1, -0.05) is 12.1 Å². The third kappa shape index (κ3) is 2.86. The lowest BCUT2D eigenvalue weighted by atomic mass is 10.3. The summed E-state index contributed by atoms with van der Waals surface area (Å²) >= 11 is 0. The standard InChI is InChI=1S/C11H12F2N4O/c12-10(13)7-17(5-6-18)11-14-8-3-1-2-4-9(8)15-16-11/h1-4,10,18H,5-7H2. The molecule has 0 aliphatic carbocycles. The molecule has 0 saturated heterocycles. The Labute approximate surface area is 102 Å². The molecule has 0 fully saturated rings. The Morgan fingerprint density at radius 1 is 1.17 bits per heavy atom. The first-order chi connectivity index (χ1) is 8.70. The van der Waals surface area contributed by atoms with Crippen molar-refractivity contribution in [3.05, 3.63) is 24.3 Å². The molecule has 7 heteroatoms. The molecule has 1 heterocycles. The van der Waals surface area contributed by atoms with Crippen molar-refractivity contribution in [3.8, 4) is 0 Å². The van der Waals surface area contributed by atoms with Crippen LogP contribution in [0.4, 0.5) is 14.7 Å². The van der Waals surface area contributed by atoms with Crippen molar-refractivity contribution in [1.82, 2.24) is 15.2 Å². The molecular weight excluding hydrogens is 242 g/mol. The summed E-state index contributed by atoms with van der Waals surface area (Å²) in [6, 6.07) is 7.04. The van der Waals surface area contributed by atoms with Crippen LogP contribution >= 0.6 is 0 Å². The summed E-state index contributed by atoms with van der Waals surface area (Å²) in [7, 11) is 0. The van der Waals surface area contributed by atoms with Crippen molar-refractivity contribution in [3.63, 3.8) is 0 Å². The fourth-order valence-electron chi connectivity index (χ4n) is 1.57. The van der Waals surface area contributed by atoms with Gasteiger partial charge in [0.1, 0.15) is 5.52 Å². The van der Waals surface area contributed by atoms with Gasteiger partial charge >= 0.3 is 0 Å². The van der Waals surface area contributed by atoms with E-state index in [0.717, 1.165) is 0 Å². The maximum absolute atomic E-state index is 12.4. The van der Waals surface area contributed by atoms with Crippen LogP contribution in [0, 0.1) is 0 Å². The van der Waals surface area contributed by atoms with Crippen molar-refractivity contribution in [1.29, 1.82) is 0 Å². The van der Waals surface area contributed by atoms with Gasteiger partial charge in [0, 0.05) is 6.54 Å². The summed E-state index contributed by atoms with van der Waals surface area (Å²) in [5, 5.41) is 16.6. The van der Waals surface area contributed by atoms with Crippen molar-refractivity contribution in [2.24, 2.45) is 0 Å². The minimum absolute atomic E-state index is 0.0460. The van der Waals surface area contributed by atoms with Crippen molar-refractivity contribution in [2.75, 3.05) is 24.6 Å². The molecule has 0 aliphatic rings. The molecule has 5 nitrogen and oxygen atoms in total. The van der Waals surface area contributed by atoms with Gasteiger partial charge in [0.05, 0.1) is 18.7 Å². The highest BCUT2D eigenvalue weighted by molar-refractivity contribution is 5.74. The van der Waals surface area contributed by atoms with E-state index in [1.54, 1.807) is 24.3 Å². The van der Waals surface area contributed by atoms with Gasteiger partial charge in [-0.3, -0.25) is 0 Å². The molecule has 96 valence electrons. The summed E-state index contributed by atoms with van der Waals surface area (Å²) < 4.78 is 24.8. The summed E-state index contributed by atoms with van der Waals surface area (Å²) in [6.07, 6.45) is -2.52. The van der Waals surface area contributed by atoms with E-state index in [0.29, 0.717) is 11.0 Å². The monoisotopic (exact) mass is 254 g/mol. The Kier molecular flexibility index (Phi) is 3.93. The maximum atomic E-state index is 12.4. The van der Waals surface area contributed by atoms with E-state index in [9.17, 15) is 8.78 Å². The number of rotatable bonds is 5. The molecule has 1 aromatic heterocycles. The number of halogens is 2. The van der Waals surface area contributed by atoms with Crippen molar-refractivity contribution in [2.45, 2.75) is 6.43 Å². The fourth-order valence-corrected chi connectivity index (χ4v) is 1.57. The predicted molar refractivity (Wildman–Crippen MR) is 62.6 cm³/mol. The van der Waals surface area contributed by atoms with E-state index in [-0.39, 0.29) is 19.1 Å². The number of anilines is 1. The zero-order valence-electron chi connectivity index (χ0n) is 9.50. The minimum Gasteiger partial charge on any atom is -0.395 e. The van der Waals surface area contributed by atoms with E-state index in [1.165, 1.54) is 4.90 Å². The highest BCUT2D eigenvalue weighted by atomic mass is 19.3. The minimum atomic E-state index is -2.52. The third-order valence-electron chi connectivity index (χ3n) is 2.36. The molecule has 0 unspecified atom stereocenters. The first-order valence-corrected chi connectivity index (χ1v) is 5.44. The van der Waals surface area contributed by atoms with Gasteiger partial charge in [0.15, 0.2) is 0 Å². The van der Waals surface area contributed by atoms with E-state index in [2.05, 4.69) is 15.2 Å². The Morgan fingerprint density at radius 3 is 2.56 bits per heavy atom. The molecule has 1 N–H and O–H groups in total. The smallest absolute Gasteiger partial charge is 0.255 e. The maximum Gasteiger partial charge on any atom is 0.255 e. The zero-order chi connectivity index (χ0) is 13.0. The van der Waals surface area contributed by atoms with E-state index >= 15 is 0 Å². The van der Waals surface area contributed by atoms with Gasteiger partial charge in [-0.15, -0.1) is 10.2 Å². The van der Waals surface area contributed by atoms with Gasteiger partial charge in [0.25, 0.3) is 6.43 Å². The molecule has 1 aromatic carbocycles. The average Bonchev–Trinajstić information content (AvgIpc) is 2.37. The number of aliphatic hydroxyl groups excluding tert-OH is 1. The molecule has 2 rings (SSSR count). The number of hydrogen-bond acceptors (Lipinski definition) is 5. The molecule has 0 aliphatic heterocycles. The number of aromatic nitrogens is 3. The van der Waals surface area contributed by atoms with Gasteiger partial charge in [-0.05, 0) is 12.1 Å². The number of alkyl halides is 2. The van der Waals surface area contributed by atoms with E-state index < -0.39 is 13.0 Å². The van der Waals surface area contributed by atoms with Crippen LogP contribution in [-0.4, -0.2) is 46.4 Å². The topological polar surface area (TPSA) is 62.1 Å². The van der Waals surface area contributed by atoms with Crippen LogP contribution in [-0.2, 0) is 0 Å². The second-order valence-corrected chi connectivity index (χ2v) is 3.66. The molecule has 0 bridgehead atoms. The molecule has 0 amide bonds. The summed E-state index contributed by atoms with van der Waals surface area (Å²) in [6.45, 7) is -0.728. The van der Waals surface area contributed by atoms with Crippen LogP contribution in [0.3, 0.4) is 0 Å². The van der Waals surface area contributed by atoms with Crippen LogP contribution in [0.25, 0.3) is 11.0 Å².